The second-order valence-electron chi connectivity index (χ2n) is 5.99. The largest absolute Gasteiger partial charge is 0.460 e. The number of carbonyl (C=O) groups excluding carboxylic acids is 2. The van der Waals surface area contributed by atoms with Gasteiger partial charge in [-0.1, -0.05) is 48.0 Å². The number of benzene rings is 2. The summed E-state index contributed by atoms with van der Waals surface area (Å²) >= 11 is 0. The fourth-order valence-electron chi connectivity index (χ4n) is 1.96. The Morgan fingerprint density at radius 2 is 1.64 bits per heavy atom. The summed E-state index contributed by atoms with van der Waals surface area (Å²) in [7, 11) is -4.02. The number of esters is 1. The van der Waals surface area contributed by atoms with E-state index in [1.807, 2.05) is 37.3 Å². The van der Waals surface area contributed by atoms with Crippen molar-refractivity contribution in [2.24, 2.45) is 11.5 Å². The van der Waals surface area contributed by atoms with Crippen LogP contribution in [0.5, 0.6) is 0 Å². The van der Waals surface area contributed by atoms with Gasteiger partial charge in [0.05, 0.1) is 4.90 Å². The lowest BCUT2D eigenvalue weighted by molar-refractivity contribution is -0.146. The molecule has 28 heavy (non-hydrogen) atoms. The second-order valence-corrected chi connectivity index (χ2v) is 7.41. The Kier molecular flexibility index (Phi) is 9.29. The fourth-order valence-corrected chi connectivity index (χ4v) is 2.44. The Bertz CT molecular complexity index is 867. The molecule has 2 rings (SSSR count). The Morgan fingerprint density at radius 3 is 2.14 bits per heavy atom. The first kappa shape index (κ1) is 23.3. The Hall–Kier alpha value is -2.75. The van der Waals surface area contributed by atoms with Crippen molar-refractivity contribution in [3.8, 4) is 0 Å². The van der Waals surface area contributed by atoms with Gasteiger partial charge in [-0.2, -0.15) is 8.42 Å². The second kappa shape index (κ2) is 11.2. The van der Waals surface area contributed by atoms with Gasteiger partial charge in [0.1, 0.15) is 12.6 Å². The zero-order valence-corrected chi connectivity index (χ0v) is 16.3. The molecule has 2 aromatic carbocycles. The van der Waals surface area contributed by atoms with Crippen molar-refractivity contribution in [2.75, 3.05) is 0 Å². The summed E-state index contributed by atoms with van der Waals surface area (Å²) in [5.41, 5.74) is 12.4. The molecule has 8 nitrogen and oxygen atoms in total. The molecule has 0 fully saturated rings. The van der Waals surface area contributed by atoms with Gasteiger partial charge in [-0.15, -0.1) is 0 Å². The SMILES string of the molecule is Cc1ccc(S(=O)(=O)O)cc1.NC(=O)CCC(N)C(=O)OCc1ccccc1. The first-order valence-electron chi connectivity index (χ1n) is 8.38. The number of hydrogen-bond donors (Lipinski definition) is 3. The van der Waals surface area contributed by atoms with Crippen molar-refractivity contribution < 1.29 is 27.3 Å². The van der Waals surface area contributed by atoms with Crippen LogP contribution in [-0.4, -0.2) is 30.9 Å². The third kappa shape index (κ3) is 9.26. The summed E-state index contributed by atoms with van der Waals surface area (Å²) in [6.45, 7) is 2.03. The monoisotopic (exact) mass is 408 g/mol. The van der Waals surface area contributed by atoms with E-state index in [2.05, 4.69) is 0 Å². The third-order valence-corrected chi connectivity index (χ3v) is 4.42. The summed E-state index contributed by atoms with van der Waals surface area (Å²) in [5.74, 6) is -0.994. The van der Waals surface area contributed by atoms with E-state index in [-0.39, 0.29) is 24.3 Å². The molecule has 0 heterocycles. The quantitative estimate of drug-likeness (QED) is 0.465. The first-order chi connectivity index (χ1) is 13.1. The summed E-state index contributed by atoms with van der Waals surface area (Å²) in [6.07, 6.45) is 0.296. The lowest BCUT2D eigenvalue weighted by Gasteiger charge is -2.10. The molecule has 1 atom stereocenters. The van der Waals surface area contributed by atoms with E-state index >= 15 is 0 Å². The predicted molar refractivity (Wildman–Crippen MR) is 104 cm³/mol. The molecule has 2 aromatic rings. The molecule has 9 heteroatoms. The van der Waals surface area contributed by atoms with Crippen LogP contribution in [0.3, 0.4) is 0 Å². The highest BCUT2D eigenvalue weighted by atomic mass is 32.2. The van der Waals surface area contributed by atoms with Crippen molar-refractivity contribution >= 4 is 22.0 Å². The molecular weight excluding hydrogens is 384 g/mol. The summed E-state index contributed by atoms with van der Waals surface area (Å²) in [6, 6.07) is 14.5. The molecule has 0 spiro atoms. The summed E-state index contributed by atoms with van der Waals surface area (Å²) in [4.78, 5) is 21.9. The minimum absolute atomic E-state index is 0.0666. The van der Waals surface area contributed by atoms with Crippen LogP contribution in [0.4, 0.5) is 0 Å². The third-order valence-electron chi connectivity index (χ3n) is 3.55. The lowest BCUT2D eigenvalue weighted by atomic mass is 10.1. The van der Waals surface area contributed by atoms with E-state index in [1.165, 1.54) is 12.1 Å². The lowest BCUT2D eigenvalue weighted by Crippen LogP contribution is -2.33. The standard InChI is InChI=1S/C12H16N2O3.C7H8O3S/c13-10(6-7-11(14)15)12(16)17-8-9-4-2-1-3-5-9;1-6-2-4-7(5-3-6)11(8,9)10/h1-5,10H,6-8,13H2,(H2,14,15);2-5H,1H3,(H,8,9,10). The zero-order valence-electron chi connectivity index (χ0n) is 15.4. The molecule has 0 aromatic heterocycles. The zero-order chi connectivity index (χ0) is 21.2. The van der Waals surface area contributed by atoms with Crippen molar-refractivity contribution in [3.63, 3.8) is 0 Å². The van der Waals surface area contributed by atoms with Gasteiger partial charge in [0.15, 0.2) is 0 Å². The molecule has 0 aliphatic heterocycles. The molecule has 0 radical (unpaired) electrons. The van der Waals surface area contributed by atoms with E-state index in [0.717, 1.165) is 11.1 Å². The van der Waals surface area contributed by atoms with E-state index in [9.17, 15) is 18.0 Å². The van der Waals surface area contributed by atoms with Crippen molar-refractivity contribution in [3.05, 3.63) is 65.7 Å². The van der Waals surface area contributed by atoms with Crippen LogP contribution in [0, 0.1) is 6.92 Å². The van der Waals surface area contributed by atoms with E-state index < -0.39 is 28.0 Å². The van der Waals surface area contributed by atoms with Crippen LogP contribution >= 0.6 is 0 Å². The molecule has 0 saturated heterocycles. The number of aryl methyl sites for hydroxylation is 1. The fraction of sp³-hybridized carbons (Fsp3) is 0.263. The van der Waals surface area contributed by atoms with Gasteiger partial charge in [0.25, 0.3) is 10.1 Å². The van der Waals surface area contributed by atoms with Crippen LogP contribution in [0.15, 0.2) is 59.5 Å². The number of ether oxygens (including phenoxy) is 1. The molecule has 0 bridgehead atoms. The number of carbonyl (C=O) groups is 2. The van der Waals surface area contributed by atoms with E-state index in [4.69, 9.17) is 20.8 Å². The number of nitrogens with two attached hydrogens (primary N) is 2. The average Bonchev–Trinajstić information content (AvgIpc) is 2.65. The molecule has 1 unspecified atom stereocenters. The van der Waals surface area contributed by atoms with Crippen molar-refractivity contribution in [1.29, 1.82) is 0 Å². The smallest absolute Gasteiger partial charge is 0.323 e. The van der Waals surface area contributed by atoms with E-state index in [1.54, 1.807) is 12.1 Å². The molecule has 1 amide bonds. The minimum atomic E-state index is -4.02. The van der Waals surface area contributed by atoms with Crippen LogP contribution < -0.4 is 11.5 Å². The maximum absolute atomic E-state index is 11.4. The molecule has 0 aliphatic carbocycles. The van der Waals surface area contributed by atoms with Crippen molar-refractivity contribution in [2.45, 2.75) is 37.3 Å². The van der Waals surface area contributed by atoms with Crippen LogP contribution in [0.25, 0.3) is 0 Å². The first-order valence-corrected chi connectivity index (χ1v) is 9.82. The van der Waals surface area contributed by atoms with Gasteiger partial charge in [0, 0.05) is 6.42 Å². The van der Waals surface area contributed by atoms with Crippen molar-refractivity contribution in [1.82, 2.24) is 0 Å². The molecule has 152 valence electrons. The molecule has 0 aliphatic rings. The highest BCUT2D eigenvalue weighted by Gasteiger charge is 2.15. The van der Waals surface area contributed by atoms with Gasteiger partial charge in [-0.05, 0) is 31.0 Å². The maximum Gasteiger partial charge on any atom is 0.323 e. The molecule has 0 saturated carbocycles. The normalized spacial score (nSPS) is 11.7. The number of rotatable bonds is 7. The van der Waals surface area contributed by atoms with Crippen LogP contribution in [0.2, 0.25) is 0 Å². The highest BCUT2D eigenvalue weighted by molar-refractivity contribution is 7.85. The minimum Gasteiger partial charge on any atom is -0.460 e. The van der Waals surface area contributed by atoms with Crippen LogP contribution in [-0.2, 0) is 31.1 Å². The highest BCUT2D eigenvalue weighted by Crippen LogP contribution is 2.08. The summed E-state index contributed by atoms with van der Waals surface area (Å²) in [5, 5.41) is 0. The number of hydrogen-bond acceptors (Lipinski definition) is 6. The Morgan fingerprint density at radius 1 is 1.07 bits per heavy atom. The number of primary amides is 1. The maximum atomic E-state index is 11.4. The number of amides is 1. The Balaban J connectivity index is 0.000000307. The predicted octanol–water partition coefficient (Wildman–Crippen LogP) is 1.56. The molecule has 5 N–H and O–H groups in total. The van der Waals surface area contributed by atoms with Gasteiger partial charge in [0.2, 0.25) is 5.91 Å². The molecular formula is C19H24N2O6S. The van der Waals surface area contributed by atoms with Gasteiger partial charge >= 0.3 is 5.97 Å². The van der Waals surface area contributed by atoms with E-state index in [0.29, 0.717) is 0 Å². The Labute approximate surface area is 164 Å². The van der Waals surface area contributed by atoms with Gasteiger partial charge in [-0.25, -0.2) is 0 Å². The summed E-state index contributed by atoms with van der Waals surface area (Å²) < 4.78 is 34.6. The van der Waals surface area contributed by atoms with Gasteiger partial charge in [-0.3, -0.25) is 14.1 Å². The van der Waals surface area contributed by atoms with Crippen LogP contribution in [0.1, 0.15) is 24.0 Å². The topological polar surface area (TPSA) is 150 Å². The van der Waals surface area contributed by atoms with Gasteiger partial charge < -0.3 is 16.2 Å². The average molecular weight is 408 g/mol.